The molecule has 0 atom stereocenters. The van der Waals surface area contributed by atoms with E-state index < -0.39 is 0 Å². The lowest BCUT2D eigenvalue weighted by atomic mass is 10.2. The van der Waals surface area contributed by atoms with Crippen LogP contribution in [-0.4, -0.2) is 36.3 Å². The minimum absolute atomic E-state index is 0.0505. The number of carbonyl (C=O) groups is 2. The number of rotatable bonds is 4. The fourth-order valence-corrected chi connectivity index (χ4v) is 2.43. The second kappa shape index (κ2) is 7.23. The van der Waals surface area contributed by atoms with Crippen molar-refractivity contribution in [3.63, 3.8) is 0 Å². The third-order valence-electron chi connectivity index (χ3n) is 2.34. The van der Waals surface area contributed by atoms with E-state index in [4.69, 9.17) is 0 Å². The fourth-order valence-electron chi connectivity index (χ4n) is 1.52. The molecule has 0 saturated heterocycles. The van der Waals surface area contributed by atoms with Gasteiger partial charge in [-0.25, -0.2) is 0 Å². The highest BCUT2D eigenvalue weighted by Gasteiger charge is 2.17. The molecular weight excluding hydrogens is 423 g/mol. The summed E-state index contributed by atoms with van der Waals surface area (Å²) in [6, 6.07) is 5.61. The number of benzene rings is 1. The van der Waals surface area contributed by atoms with E-state index >= 15 is 0 Å². The van der Waals surface area contributed by atoms with E-state index in [0.717, 1.165) is 8.04 Å². The Kier molecular flexibility index (Phi) is 6.25. The molecule has 1 aromatic carbocycles. The van der Waals surface area contributed by atoms with Crippen molar-refractivity contribution < 1.29 is 9.59 Å². The number of nitrogens with one attached hydrogen (secondary N) is 1. The van der Waals surface area contributed by atoms with Gasteiger partial charge >= 0.3 is 0 Å². The Morgan fingerprint density at radius 1 is 1.42 bits per heavy atom. The number of amides is 2. The number of likely N-dealkylation sites (N-methyl/N-ethyl adjacent to an activating group) is 1. The monoisotopic (exact) mass is 438 g/mol. The summed E-state index contributed by atoms with van der Waals surface area (Å²) >= 11 is 5.50. The molecule has 0 aliphatic rings. The predicted octanol–water partition coefficient (Wildman–Crippen LogP) is 2.65. The van der Waals surface area contributed by atoms with Crippen molar-refractivity contribution in [1.82, 2.24) is 10.2 Å². The second-order valence-electron chi connectivity index (χ2n) is 4.51. The lowest BCUT2D eigenvalue weighted by Crippen LogP contribution is -2.40. The van der Waals surface area contributed by atoms with Gasteiger partial charge in [0.1, 0.15) is 0 Å². The van der Waals surface area contributed by atoms with Crippen LogP contribution in [0.25, 0.3) is 0 Å². The van der Waals surface area contributed by atoms with Crippen LogP contribution in [0.3, 0.4) is 0 Å². The zero-order chi connectivity index (χ0) is 14.6. The quantitative estimate of drug-likeness (QED) is 0.734. The molecule has 4 nitrogen and oxygen atoms in total. The maximum absolute atomic E-state index is 12.3. The Balaban J connectivity index is 2.77. The summed E-state index contributed by atoms with van der Waals surface area (Å²) in [5.74, 6) is -0.336. The van der Waals surface area contributed by atoms with Gasteiger partial charge in [-0.1, -0.05) is 0 Å². The number of nitrogens with zero attached hydrogens (tertiary/aromatic N) is 1. The Morgan fingerprint density at radius 3 is 2.63 bits per heavy atom. The summed E-state index contributed by atoms with van der Waals surface area (Å²) in [5.41, 5.74) is 0.562. The van der Waals surface area contributed by atoms with Crippen LogP contribution in [0.5, 0.6) is 0 Å². The molecule has 0 radical (unpaired) electrons. The van der Waals surface area contributed by atoms with Gasteiger partial charge in [-0.3, -0.25) is 9.59 Å². The maximum Gasteiger partial charge on any atom is 0.255 e. The van der Waals surface area contributed by atoms with Crippen LogP contribution in [0.2, 0.25) is 0 Å². The van der Waals surface area contributed by atoms with Gasteiger partial charge in [-0.15, -0.1) is 0 Å². The predicted molar refractivity (Wildman–Crippen MR) is 87.1 cm³/mol. The molecule has 0 unspecified atom stereocenters. The van der Waals surface area contributed by atoms with E-state index in [1.165, 1.54) is 4.90 Å². The van der Waals surface area contributed by atoms with Crippen LogP contribution in [-0.2, 0) is 4.79 Å². The van der Waals surface area contributed by atoms with E-state index in [9.17, 15) is 9.59 Å². The van der Waals surface area contributed by atoms with Crippen LogP contribution in [0.4, 0.5) is 0 Å². The van der Waals surface area contributed by atoms with Crippen LogP contribution in [0, 0.1) is 3.57 Å². The van der Waals surface area contributed by atoms with Crippen molar-refractivity contribution >= 4 is 50.3 Å². The van der Waals surface area contributed by atoms with E-state index in [0.29, 0.717) is 5.56 Å². The summed E-state index contributed by atoms with van der Waals surface area (Å²) in [4.78, 5) is 25.3. The highest BCUT2D eigenvalue weighted by atomic mass is 127. The molecule has 104 valence electrons. The lowest BCUT2D eigenvalue weighted by molar-refractivity contribution is -0.122. The molecule has 1 aromatic rings. The molecule has 1 N–H and O–H groups in total. The summed E-state index contributed by atoms with van der Waals surface area (Å²) < 4.78 is 1.71. The molecule has 1 rings (SSSR count). The summed E-state index contributed by atoms with van der Waals surface area (Å²) in [6.45, 7) is 3.82. The smallest absolute Gasteiger partial charge is 0.255 e. The lowest BCUT2D eigenvalue weighted by Gasteiger charge is -2.18. The number of hydrogen-bond acceptors (Lipinski definition) is 2. The minimum Gasteiger partial charge on any atom is -0.352 e. The van der Waals surface area contributed by atoms with E-state index in [1.54, 1.807) is 13.1 Å². The van der Waals surface area contributed by atoms with Crippen molar-refractivity contribution in [3.05, 3.63) is 31.8 Å². The van der Waals surface area contributed by atoms with Crippen LogP contribution < -0.4 is 5.32 Å². The summed E-state index contributed by atoms with van der Waals surface area (Å²) in [7, 11) is 1.62. The molecule has 19 heavy (non-hydrogen) atoms. The first kappa shape index (κ1) is 16.4. The Morgan fingerprint density at radius 2 is 2.05 bits per heavy atom. The SMILES string of the molecule is CC(C)NC(=O)CN(C)C(=O)c1cc(I)ccc1Br. The van der Waals surface area contributed by atoms with Crippen molar-refractivity contribution in [3.8, 4) is 0 Å². The highest BCUT2D eigenvalue weighted by molar-refractivity contribution is 14.1. The average Bonchev–Trinajstić information content (AvgIpc) is 2.30. The van der Waals surface area contributed by atoms with Gasteiger partial charge in [0.05, 0.1) is 12.1 Å². The van der Waals surface area contributed by atoms with Crippen LogP contribution in [0.15, 0.2) is 22.7 Å². The van der Waals surface area contributed by atoms with Crippen molar-refractivity contribution in [1.29, 1.82) is 0 Å². The maximum atomic E-state index is 12.3. The Bertz CT molecular complexity index is 492. The molecule has 6 heteroatoms. The van der Waals surface area contributed by atoms with Gasteiger partial charge in [-0.2, -0.15) is 0 Å². The van der Waals surface area contributed by atoms with Crippen LogP contribution >= 0.6 is 38.5 Å². The third kappa shape index (κ3) is 5.10. The molecular formula is C13H16BrIN2O2. The second-order valence-corrected chi connectivity index (χ2v) is 6.61. The van der Waals surface area contributed by atoms with E-state index in [-0.39, 0.29) is 24.4 Å². The van der Waals surface area contributed by atoms with Gasteiger partial charge < -0.3 is 10.2 Å². The fraction of sp³-hybridized carbons (Fsp3) is 0.385. The number of hydrogen-bond donors (Lipinski definition) is 1. The standard InChI is InChI=1S/C13H16BrIN2O2/c1-8(2)16-12(18)7-17(3)13(19)10-6-9(15)4-5-11(10)14/h4-6,8H,7H2,1-3H3,(H,16,18). The zero-order valence-corrected chi connectivity index (χ0v) is 14.8. The molecule has 0 heterocycles. The molecule has 0 aromatic heterocycles. The molecule has 0 aliphatic carbocycles. The molecule has 2 amide bonds. The number of carbonyl (C=O) groups excluding carboxylic acids is 2. The van der Waals surface area contributed by atoms with Gasteiger partial charge in [0.2, 0.25) is 5.91 Å². The Labute approximate surface area is 135 Å². The summed E-state index contributed by atoms with van der Waals surface area (Å²) in [6.07, 6.45) is 0. The highest BCUT2D eigenvalue weighted by Crippen LogP contribution is 2.20. The first-order valence-corrected chi connectivity index (χ1v) is 7.68. The first-order valence-electron chi connectivity index (χ1n) is 5.81. The van der Waals surface area contributed by atoms with Crippen molar-refractivity contribution in [2.75, 3.05) is 13.6 Å². The zero-order valence-electron chi connectivity index (χ0n) is 11.0. The van der Waals surface area contributed by atoms with Gasteiger partial charge in [0.15, 0.2) is 0 Å². The largest absolute Gasteiger partial charge is 0.352 e. The molecule has 0 aliphatic heterocycles. The Hall–Kier alpha value is -0.630. The molecule has 0 spiro atoms. The third-order valence-corrected chi connectivity index (χ3v) is 3.70. The van der Waals surface area contributed by atoms with Gasteiger partial charge in [0.25, 0.3) is 5.91 Å². The molecule has 0 fully saturated rings. The molecule has 0 saturated carbocycles. The first-order chi connectivity index (χ1) is 8.81. The summed E-state index contributed by atoms with van der Waals surface area (Å²) in [5, 5.41) is 2.76. The average molecular weight is 439 g/mol. The normalized spacial score (nSPS) is 10.4. The van der Waals surface area contributed by atoms with E-state index in [2.05, 4.69) is 43.8 Å². The van der Waals surface area contributed by atoms with E-state index in [1.807, 2.05) is 26.0 Å². The topological polar surface area (TPSA) is 49.4 Å². The van der Waals surface area contributed by atoms with Gasteiger partial charge in [0, 0.05) is 21.1 Å². The number of halogens is 2. The molecule has 0 bridgehead atoms. The van der Waals surface area contributed by atoms with Crippen LogP contribution in [0.1, 0.15) is 24.2 Å². The van der Waals surface area contributed by atoms with Crippen molar-refractivity contribution in [2.24, 2.45) is 0 Å². The van der Waals surface area contributed by atoms with Crippen molar-refractivity contribution in [2.45, 2.75) is 19.9 Å². The minimum atomic E-state index is -0.177. The van der Waals surface area contributed by atoms with Gasteiger partial charge in [-0.05, 0) is 70.6 Å².